The van der Waals surface area contributed by atoms with E-state index in [9.17, 15) is 24.3 Å². The number of rotatable bonds is 8. The molecule has 9 nitrogen and oxygen atoms in total. The maximum Gasteiger partial charge on any atom is 0.243 e. The number of piperidine rings is 1. The van der Waals surface area contributed by atoms with Crippen LogP contribution in [0.1, 0.15) is 57.0 Å². The Morgan fingerprint density at radius 1 is 0.740 bits per heavy atom. The second-order valence-electron chi connectivity index (χ2n) is 13.4. The molecule has 1 aliphatic heterocycles. The minimum absolute atomic E-state index is 0.00455. The van der Waals surface area contributed by atoms with E-state index in [1.54, 1.807) is 24.3 Å². The number of ketones is 2. The molecule has 0 saturated carbocycles. The summed E-state index contributed by atoms with van der Waals surface area (Å²) in [5.41, 5.74) is 7.82. The fourth-order valence-electron chi connectivity index (χ4n) is 7.82. The highest BCUT2D eigenvalue weighted by molar-refractivity contribution is 6.22. The summed E-state index contributed by atoms with van der Waals surface area (Å²) in [7, 11) is 0. The van der Waals surface area contributed by atoms with Crippen molar-refractivity contribution in [2.45, 2.75) is 31.2 Å². The minimum atomic E-state index is -0.153. The van der Waals surface area contributed by atoms with E-state index in [2.05, 4.69) is 20.4 Å². The Bertz CT molecular complexity index is 2110. The van der Waals surface area contributed by atoms with Gasteiger partial charge >= 0.3 is 0 Å². The van der Waals surface area contributed by atoms with Gasteiger partial charge in [-0.05, 0) is 84.5 Å². The predicted octanol–water partition coefficient (Wildman–Crippen LogP) is 5.82. The van der Waals surface area contributed by atoms with Gasteiger partial charge in [-0.3, -0.25) is 24.1 Å². The maximum atomic E-state index is 13.5. The van der Waals surface area contributed by atoms with Crippen molar-refractivity contribution in [3.05, 3.63) is 137 Å². The number of Topliss-reactive ketones (excluding diaryl/α,β-unsaturated/α-hetero) is 1. The summed E-state index contributed by atoms with van der Waals surface area (Å²) >= 11 is 0. The van der Waals surface area contributed by atoms with Crippen molar-refractivity contribution in [1.29, 1.82) is 0 Å². The number of anilines is 2. The molecule has 3 N–H and O–H groups in total. The number of likely N-dealkylation sites (tertiary alicyclic amines) is 1. The molecule has 1 atom stereocenters. The fraction of sp³-hybridized carbons (Fsp3) is 0.220. The largest absolute Gasteiger partial charge is 0.508 e. The molecule has 1 unspecified atom stereocenters. The van der Waals surface area contributed by atoms with Gasteiger partial charge in [0.25, 0.3) is 0 Å². The van der Waals surface area contributed by atoms with Gasteiger partial charge in [0.05, 0.1) is 13.1 Å². The molecule has 1 heterocycles. The van der Waals surface area contributed by atoms with E-state index in [0.717, 1.165) is 52.1 Å². The Morgan fingerprint density at radius 3 is 2.22 bits per heavy atom. The molecule has 250 valence electrons. The van der Waals surface area contributed by atoms with Crippen LogP contribution in [0.3, 0.4) is 0 Å². The predicted molar refractivity (Wildman–Crippen MR) is 191 cm³/mol. The molecule has 0 aromatic heterocycles. The lowest BCUT2D eigenvalue weighted by molar-refractivity contribution is -0.119. The number of hydrogen-bond donors (Lipinski definition) is 3. The SMILES string of the molecule is O=C(CN(c1ccc(O)cc1)C1CCN(CC(=O)Nc2ccc3c(c2)-c2ccccc2C3=O)CC1)NC1=CC=C2C(=O)c3ccccc3C2C1. The molecule has 50 heavy (non-hydrogen) atoms. The third kappa shape index (κ3) is 5.90. The number of phenolic OH excluding ortho intramolecular Hbond substituents is 1. The first-order chi connectivity index (χ1) is 24.3. The van der Waals surface area contributed by atoms with Crippen LogP contribution >= 0.6 is 0 Å². The zero-order valence-electron chi connectivity index (χ0n) is 27.4. The number of carbonyl (C=O) groups excluding carboxylic acids is 4. The van der Waals surface area contributed by atoms with Gasteiger partial charge in [-0.25, -0.2) is 0 Å². The Kier molecular flexibility index (Phi) is 8.12. The first-order valence-electron chi connectivity index (χ1n) is 17.0. The van der Waals surface area contributed by atoms with E-state index in [1.807, 2.05) is 78.9 Å². The summed E-state index contributed by atoms with van der Waals surface area (Å²) in [5, 5.41) is 16.1. The van der Waals surface area contributed by atoms with Crippen molar-refractivity contribution in [1.82, 2.24) is 10.2 Å². The molecule has 1 fully saturated rings. The van der Waals surface area contributed by atoms with E-state index < -0.39 is 0 Å². The normalized spacial score (nSPS) is 18.0. The second-order valence-corrected chi connectivity index (χ2v) is 13.4. The fourth-order valence-corrected chi connectivity index (χ4v) is 7.82. The molecule has 3 aliphatic carbocycles. The van der Waals surface area contributed by atoms with E-state index in [4.69, 9.17) is 0 Å². The van der Waals surface area contributed by atoms with Crippen LogP contribution in [0.2, 0.25) is 0 Å². The molecular weight excluding hydrogens is 628 g/mol. The Balaban J connectivity index is 0.894. The summed E-state index contributed by atoms with van der Waals surface area (Å²) in [6, 6.07) is 27.5. The number of nitrogens with one attached hydrogen (secondary N) is 2. The van der Waals surface area contributed by atoms with Crippen LogP contribution in [-0.4, -0.2) is 65.6 Å². The lowest BCUT2D eigenvalue weighted by Gasteiger charge is -2.39. The number of carbonyl (C=O) groups is 4. The van der Waals surface area contributed by atoms with Gasteiger partial charge < -0.3 is 20.6 Å². The number of hydrogen-bond acceptors (Lipinski definition) is 7. The number of aromatic hydroxyl groups is 1. The third-order valence-electron chi connectivity index (χ3n) is 10.3. The molecule has 9 heteroatoms. The highest BCUT2D eigenvalue weighted by atomic mass is 16.3. The van der Waals surface area contributed by atoms with Crippen LogP contribution < -0.4 is 15.5 Å². The molecule has 4 aromatic carbocycles. The van der Waals surface area contributed by atoms with Crippen LogP contribution in [0.15, 0.2) is 114 Å². The smallest absolute Gasteiger partial charge is 0.243 e. The van der Waals surface area contributed by atoms with E-state index in [0.29, 0.717) is 36.3 Å². The van der Waals surface area contributed by atoms with Crippen LogP contribution in [0, 0.1) is 0 Å². The first-order valence-corrected chi connectivity index (χ1v) is 17.0. The van der Waals surface area contributed by atoms with E-state index in [1.165, 1.54) is 0 Å². The van der Waals surface area contributed by atoms with E-state index >= 15 is 0 Å². The first kappa shape index (κ1) is 31.5. The van der Waals surface area contributed by atoms with Gasteiger partial charge in [0.15, 0.2) is 11.6 Å². The van der Waals surface area contributed by atoms with Gasteiger partial charge in [0.1, 0.15) is 5.75 Å². The van der Waals surface area contributed by atoms with Crippen molar-refractivity contribution in [2.75, 3.05) is 36.4 Å². The van der Waals surface area contributed by atoms with Crippen molar-refractivity contribution >= 4 is 34.8 Å². The van der Waals surface area contributed by atoms with E-state index in [-0.39, 0.29) is 54.2 Å². The standard InChI is InChI=1S/C41H36N4O5/c46-29-13-11-27(12-14-29)45(24-39(48)43-26-10-16-35-37(22-26)31-6-2-4-8-33(31)41(35)50)28-17-19-44(20-18-28)23-38(47)42-25-9-15-34-36(21-25)30-5-1-3-7-32(30)40(34)49/h1-16,21,28,37,46H,17-20,22-24H2,(H,42,47)(H,43,48). The number of benzene rings is 4. The lowest BCUT2D eigenvalue weighted by Crippen LogP contribution is -2.49. The summed E-state index contributed by atoms with van der Waals surface area (Å²) < 4.78 is 0. The Labute approximate surface area is 289 Å². The molecule has 8 rings (SSSR count). The summed E-state index contributed by atoms with van der Waals surface area (Å²) in [5.74, 6) is -0.122. The molecule has 0 radical (unpaired) electrons. The second kappa shape index (κ2) is 12.9. The average molecular weight is 665 g/mol. The molecule has 0 spiro atoms. The topological polar surface area (TPSA) is 119 Å². The molecule has 2 amide bonds. The van der Waals surface area contributed by atoms with Crippen molar-refractivity contribution in [3.8, 4) is 16.9 Å². The quantitative estimate of drug-likeness (QED) is 0.191. The van der Waals surface area contributed by atoms with Crippen LogP contribution in [0.25, 0.3) is 11.1 Å². The molecule has 1 saturated heterocycles. The summed E-state index contributed by atoms with van der Waals surface area (Å²) in [4.78, 5) is 56.5. The van der Waals surface area contributed by atoms with Gasteiger partial charge in [0, 0.05) is 64.4 Å². The molecular formula is C41H36N4O5. The highest BCUT2D eigenvalue weighted by Gasteiger charge is 2.36. The van der Waals surface area contributed by atoms with Crippen molar-refractivity contribution in [3.63, 3.8) is 0 Å². The lowest BCUT2D eigenvalue weighted by atomic mass is 9.89. The summed E-state index contributed by atoms with van der Waals surface area (Å²) in [6.45, 7) is 1.70. The number of phenols is 1. The number of allylic oxidation sites excluding steroid dienone is 4. The van der Waals surface area contributed by atoms with Gasteiger partial charge in [0.2, 0.25) is 11.8 Å². The maximum absolute atomic E-state index is 13.5. The van der Waals surface area contributed by atoms with Gasteiger partial charge in [-0.1, -0.05) is 54.6 Å². The van der Waals surface area contributed by atoms with Crippen molar-refractivity contribution < 1.29 is 24.3 Å². The van der Waals surface area contributed by atoms with Gasteiger partial charge in [-0.15, -0.1) is 0 Å². The Morgan fingerprint density at radius 2 is 1.44 bits per heavy atom. The number of nitrogens with zero attached hydrogens (tertiary/aromatic N) is 2. The highest BCUT2D eigenvalue weighted by Crippen LogP contribution is 2.43. The zero-order valence-corrected chi connectivity index (χ0v) is 27.4. The van der Waals surface area contributed by atoms with Crippen LogP contribution in [0.5, 0.6) is 5.75 Å². The van der Waals surface area contributed by atoms with Crippen LogP contribution in [0.4, 0.5) is 11.4 Å². The van der Waals surface area contributed by atoms with Gasteiger partial charge in [-0.2, -0.15) is 0 Å². The van der Waals surface area contributed by atoms with Crippen LogP contribution in [-0.2, 0) is 9.59 Å². The zero-order chi connectivity index (χ0) is 34.4. The number of amides is 2. The molecule has 0 bridgehead atoms. The summed E-state index contributed by atoms with van der Waals surface area (Å²) in [6.07, 6.45) is 5.71. The monoisotopic (exact) mass is 664 g/mol. The average Bonchev–Trinajstić information content (AvgIpc) is 3.57. The Hall–Kier alpha value is -5.80. The molecule has 4 aromatic rings. The third-order valence-corrected chi connectivity index (χ3v) is 10.3. The number of fused-ring (bicyclic) bond motifs is 6. The molecule has 4 aliphatic rings. The van der Waals surface area contributed by atoms with Crippen molar-refractivity contribution in [2.24, 2.45) is 0 Å². The minimum Gasteiger partial charge on any atom is -0.508 e.